The van der Waals surface area contributed by atoms with Crippen molar-refractivity contribution in [3.8, 4) is 0 Å². The molecule has 0 saturated carbocycles. The summed E-state index contributed by atoms with van der Waals surface area (Å²) in [7, 11) is -3.83. The first-order valence-electron chi connectivity index (χ1n) is 8.48. The molecule has 0 spiro atoms. The second-order valence-corrected chi connectivity index (χ2v) is 8.56. The number of rotatable bonds is 7. The zero-order valence-corrected chi connectivity index (χ0v) is 17.8. The summed E-state index contributed by atoms with van der Waals surface area (Å²) >= 11 is 1.09. The summed E-state index contributed by atoms with van der Waals surface area (Å²) in [5.74, 6) is -0.555. The highest BCUT2D eigenvalue weighted by Gasteiger charge is 2.23. The maximum atomic E-state index is 12.9. The number of carbonyl (C=O) groups is 1. The van der Waals surface area contributed by atoms with Gasteiger partial charge in [-0.25, -0.2) is 18.2 Å². The van der Waals surface area contributed by atoms with Crippen molar-refractivity contribution in [3.63, 3.8) is 0 Å². The number of ether oxygens (including phenoxy) is 1. The number of benzene rings is 1. The minimum Gasteiger partial charge on any atom is -0.462 e. The minimum absolute atomic E-state index is 0.0449. The first-order chi connectivity index (χ1) is 13.2. The molecule has 0 aliphatic carbocycles. The molecule has 0 atom stereocenters. The normalized spacial score (nSPS) is 12.3. The van der Waals surface area contributed by atoms with Crippen LogP contribution in [0.4, 0.5) is 11.5 Å². The molecule has 28 heavy (non-hydrogen) atoms. The number of pyridine rings is 1. The number of hydrogen-bond acceptors (Lipinski definition) is 7. The van der Waals surface area contributed by atoms with E-state index in [1.165, 1.54) is 6.07 Å². The van der Waals surface area contributed by atoms with Crippen molar-refractivity contribution in [2.24, 2.45) is 0 Å². The zero-order chi connectivity index (χ0) is 20.9. The molecular formula is C19H23N3O4S2. The average Bonchev–Trinajstić information content (AvgIpc) is 2.62. The second-order valence-electron chi connectivity index (χ2n) is 5.86. The number of hydrogen-bond donors (Lipinski definition) is 2. The van der Waals surface area contributed by atoms with E-state index >= 15 is 0 Å². The molecule has 1 heterocycles. The number of aromatic nitrogens is 1. The Hall–Kier alpha value is -2.52. The molecule has 0 fully saturated rings. The van der Waals surface area contributed by atoms with Gasteiger partial charge in [0.2, 0.25) is 0 Å². The molecule has 3 N–H and O–H groups in total. The zero-order valence-electron chi connectivity index (χ0n) is 16.1. The maximum Gasteiger partial charge on any atom is 0.341 e. The number of carbonyl (C=O) groups excluding carboxylic acids is 1. The quantitative estimate of drug-likeness (QED) is 0.656. The number of nitrogen functional groups attached to an aromatic ring is 1. The molecule has 0 saturated heterocycles. The van der Waals surface area contributed by atoms with Gasteiger partial charge in [0.1, 0.15) is 15.6 Å². The maximum absolute atomic E-state index is 12.9. The number of nitrogens with one attached hydrogen (secondary N) is 1. The SMILES string of the molecule is CCOC(=O)c1cc(/C(C)=C(\SC)S(=O)(=O)Nc2ccccc2)c(C)nc1N. The lowest BCUT2D eigenvalue weighted by atomic mass is 10.0. The van der Waals surface area contributed by atoms with Crippen molar-refractivity contribution >= 4 is 44.8 Å². The highest BCUT2D eigenvalue weighted by Crippen LogP contribution is 2.33. The van der Waals surface area contributed by atoms with Gasteiger partial charge in [-0.1, -0.05) is 18.2 Å². The largest absolute Gasteiger partial charge is 0.462 e. The van der Waals surface area contributed by atoms with Crippen LogP contribution in [0.15, 0.2) is 40.6 Å². The number of nitrogens with zero attached hydrogens (tertiary/aromatic N) is 1. The van der Waals surface area contributed by atoms with Gasteiger partial charge in [-0.2, -0.15) is 0 Å². The molecule has 1 aromatic carbocycles. The van der Waals surface area contributed by atoms with Crippen molar-refractivity contribution < 1.29 is 17.9 Å². The van der Waals surface area contributed by atoms with Gasteiger partial charge < -0.3 is 10.5 Å². The number of nitrogens with two attached hydrogens (primary N) is 1. The second kappa shape index (κ2) is 9.11. The van der Waals surface area contributed by atoms with Gasteiger partial charge in [-0.15, -0.1) is 11.8 Å². The molecule has 0 aliphatic rings. The van der Waals surface area contributed by atoms with Gasteiger partial charge in [-0.3, -0.25) is 4.72 Å². The van der Waals surface area contributed by atoms with Crippen LogP contribution in [-0.4, -0.2) is 32.2 Å². The Labute approximate surface area is 169 Å². The van der Waals surface area contributed by atoms with E-state index in [1.807, 2.05) is 0 Å². The molecule has 2 aromatic rings. The van der Waals surface area contributed by atoms with Crippen molar-refractivity contribution in [1.29, 1.82) is 0 Å². The van der Waals surface area contributed by atoms with Crippen LogP contribution < -0.4 is 10.5 Å². The fraction of sp³-hybridized carbons (Fsp3) is 0.263. The van der Waals surface area contributed by atoms with E-state index in [4.69, 9.17) is 10.5 Å². The molecule has 150 valence electrons. The molecule has 7 nitrogen and oxygen atoms in total. The lowest BCUT2D eigenvalue weighted by Crippen LogP contribution is -2.15. The lowest BCUT2D eigenvalue weighted by molar-refractivity contribution is 0.0527. The molecule has 0 amide bonds. The number of para-hydroxylation sites is 1. The topological polar surface area (TPSA) is 111 Å². The summed E-state index contributed by atoms with van der Waals surface area (Å²) in [6.45, 7) is 5.27. The Balaban J connectivity index is 2.56. The van der Waals surface area contributed by atoms with Gasteiger partial charge in [0.15, 0.2) is 0 Å². The molecule has 9 heteroatoms. The number of thioether (sulfide) groups is 1. The van der Waals surface area contributed by atoms with Crippen molar-refractivity contribution in [1.82, 2.24) is 4.98 Å². The Morgan fingerprint density at radius 1 is 1.25 bits per heavy atom. The first kappa shape index (κ1) is 21.8. The molecule has 0 bridgehead atoms. The van der Waals surface area contributed by atoms with Crippen molar-refractivity contribution in [3.05, 3.63) is 57.5 Å². The molecule has 2 rings (SSSR count). The van der Waals surface area contributed by atoms with E-state index in [0.29, 0.717) is 22.5 Å². The average molecular weight is 422 g/mol. The van der Waals surface area contributed by atoms with Crippen LogP contribution in [-0.2, 0) is 14.8 Å². The molecule has 0 aliphatic heterocycles. The van der Waals surface area contributed by atoms with Crippen LogP contribution in [0.25, 0.3) is 5.57 Å². The van der Waals surface area contributed by atoms with Crippen LogP contribution in [0.5, 0.6) is 0 Å². The Morgan fingerprint density at radius 3 is 2.46 bits per heavy atom. The first-order valence-corrected chi connectivity index (χ1v) is 11.2. The van der Waals surface area contributed by atoms with Gasteiger partial charge in [0, 0.05) is 16.9 Å². The van der Waals surface area contributed by atoms with Crippen molar-refractivity contribution in [2.75, 3.05) is 23.3 Å². The summed E-state index contributed by atoms with van der Waals surface area (Å²) in [6, 6.07) is 10.1. The Bertz CT molecular complexity index is 1000. The van der Waals surface area contributed by atoms with Crippen LogP contribution in [0.2, 0.25) is 0 Å². The summed E-state index contributed by atoms with van der Waals surface area (Å²) in [5.41, 5.74) is 7.92. The summed E-state index contributed by atoms with van der Waals surface area (Å²) in [4.78, 5) is 16.3. The van der Waals surface area contributed by atoms with Gasteiger partial charge in [-0.05, 0) is 50.8 Å². The number of esters is 1. The summed E-state index contributed by atoms with van der Waals surface area (Å²) in [6.07, 6.45) is 1.68. The molecule has 1 aromatic heterocycles. The number of anilines is 2. The third-order valence-electron chi connectivity index (χ3n) is 3.90. The Morgan fingerprint density at radius 2 is 1.89 bits per heavy atom. The van der Waals surface area contributed by atoms with Crippen LogP contribution in [0, 0.1) is 6.92 Å². The lowest BCUT2D eigenvalue weighted by Gasteiger charge is -2.16. The fourth-order valence-electron chi connectivity index (χ4n) is 2.66. The van der Waals surface area contributed by atoms with Gasteiger partial charge >= 0.3 is 5.97 Å². The fourth-order valence-corrected chi connectivity index (χ4v) is 5.13. The van der Waals surface area contributed by atoms with E-state index in [1.54, 1.807) is 57.4 Å². The molecular weight excluding hydrogens is 398 g/mol. The number of allylic oxidation sites excluding steroid dienone is 1. The third-order valence-corrected chi connectivity index (χ3v) is 7.04. The van der Waals surface area contributed by atoms with Gasteiger partial charge in [0.25, 0.3) is 10.0 Å². The third kappa shape index (κ3) is 4.85. The molecule has 0 radical (unpaired) electrons. The van der Waals surface area contributed by atoms with E-state index < -0.39 is 16.0 Å². The highest BCUT2D eigenvalue weighted by atomic mass is 32.3. The van der Waals surface area contributed by atoms with E-state index in [-0.39, 0.29) is 22.2 Å². The Kier molecular flexibility index (Phi) is 7.09. The standard InChI is InChI=1S/C19H23N3O4S2/c1-5-26-18(23)16-11-15(13(3)21-17(16)20)12(2)19(27-4)28(24,25)22-14-9-7-6-8-10-14/h6-11,22H,5H2,1-4H3,(H2,20,21)/b19-12+. The number of sulfonamides is 1. The monoisotopic (exact) mass is 421 g/mol. The van der Waals surface area contributed by atoms with E-state index in [0.717, 1.165) is 11.8 Å². The predicted octanol–water partition coefficient (Wildman–Crippen LogP) is 3.64. The van der Waals surface area contributed by atoms with Crippen LogP contribution in [0.1, 0.15) is 35.5 Å². The van der Waals surface area contributed by atoms with E-state index in [9.17, 15) is 13.2 Å². The smallest absolute Gasteiger partial charge is 0.341 e. The molecule has 0 unspecified atom stereocenters. The van der Waals surface area contributed by atoms with Crippen LogP contribution >= 0.6 is 11.8 Å². The van der Waals surface area contributed by atoms with E-state index in [2.05, 4.69) is 9.71 Å². The summed E-state index contributed by atoms with van der Waals surface area (Å²) in [5, 5.41) is 0. The predicted molar refractivity (Wildman–Crippen MR) is 114 cm³/mol. The minimum atomic E-state index is -3.83. The van der Waals surface area contributed by atoms with Crippen LogP contribution in [0.3, 0.4) is 0 Å². The van der Waals surface area contributed by atoms with Gasteiger partial charge in [0.05, 0.1) is 6.61 Å². The summed E-state index contributed by atoms with van der Waals surface area (Å²) < 4.78 is 33.5. The number of aryl methyl sites for hydroxylation is 1. The highest BCUT2D eigenvalue weighted by molar-refractivity contribution is 8.19. The van der Waals surface area contributed by atoms with Crippen molar-refractivity contribution in [2.45, 2.75) is 20.8 Å².